The van der Waals surface area contributed by atoms with Gasteiger partial charge < -0.3 is 20.4 Å². The third-order valence-electron chi connectivity index (χ3n) is 5.78. The van der Waals surface area contributed by atoms with E-state index in [9.17, 15) is 19.2 Å². The zero-order chi connectivity index (χ0) is 24.1. The fourth-order valence-corrected chi connectivity index (χ4v) is 3.98. The van der Waals surface area contributed by atoms with Gasteiger partial charge in [-0.2, -0.15) is 0 Å². The van der Waals surface area contributed by atoms with Crippen LogP contribution in [0.25, 0.3) is 0 Å². The molecule has 0 aromatic heterocycles. The Kier molecular flexibility index (Phi) is 8.17. The lowest BCUT2D eigenvalue weighted by atomic mass is 9.81. The van der Waals surface area contributed by atoms with Crippen LogP contribution in [0.15, 0.2) is 17.1 Å². The standard InChI is InChI=1S/C22H36N6O4/c1-16(19(31)24-14-23-6)13-21(2,3)20(32)27-11-9-26(10-12-27)15-25-22(4,5)28-17(29)7-8-18(28)30/h7-8,15-16,23H,9-14H2,1-6H3,(H,24,31)/b25-15+. The molecule has 32 heavy (non-hydrogen) atoms. The van der Waals surface area contributed by atoms with E-state index in [1.165, 1.54) is 12.2 Å². The molecule has 2 aliphatic rings. The highest BCUT2D eigenvalue weighted by molar-refractivity contribution is 6.13. The molecule has 0 aromatic rings. The second-order valence-corrected chi connectivity index (χ2v) is 9.47. The van der Waals surface area contributed by atoms with Gasteiger partial charge in [-0.3, -0.25) is 19.2 Å². The second-order valence-electron chi connectivity index (χ2n) is 9.47. The molecule has 4 amide bonds. The Morgan fingerprint density at radius 2 is 1.66 bits per heavy atom. The van der Waals surface area contributed by atoms with Crippen molar-refractivity contribution in [3.8, 4) is 0 Å². The van der Waals surface area contributed by atoms with Crippen molar-refractivity contribution >= 4 is 30.0 Å². The molecule has 178 valence electrons. The van der Waals surface area contributed by atoms with Gasteiger partial charge in [-0.1, -0.05) is 20.8 Å². The van der Waals surface area contributed by atoms with E-state index in [0.29, 0.717) is 39.3 Å². The van der Waals surface area contributed by atoms with Gasteiger partial charge in [-0.25, -0.2) is 9.89 Å². The summed E-state index contributed by atoms with van der Waals surface area (Å²) in [4.78, 5) is 58.5. The van der Waals surface area contributed by atoms with Crippen LogP contribution >= 0.6 is 0 Å². The topological polar surface area (TPSA) is 114 Å². The average molecular weight is 449 g/mol. The fourth-order valence-electron chi connectivity index (χ4n) is 3.98. The highest BCUT2D eigenvalue weighted by atomic mass is 16.2. The average Bonchev–Trinajstić information content (AvgIpc) is 3.08. The van der Waals surface area contributed by atoms with Gasteiger partial charge in [0.2, 0.25) is 11.8 Å². The summed E-state index contributed by atoms with van der Waals surface area (Å²) in [6.07, 6.45) is 4.61. The minimum absolute atomic E-state index is 0.0296. The quantitative estimate of drug-likeness (QED) is 0.225. The van der Waals surface area contributed by atoms with Crippen LogP contribution < -0.4 is 10.6 Å². The number of aliphatic imine (C=N–C) groups is 1. The molecule has 0 aromatic carbocycles. The van der Waals surface area contributed by atoms with Crippen molar-refractivity contribution in [3.63, 3.8) is 0 Å². The molecular formula is C22H36N6O4. The zero-order valence-electron chi connectivity index (χ0n) is 20.0. The SMILES string of the molecule is CNCNC(=O)C(C)CC(C)(C)C(=O)N1CCN(/C=N/C(C)(C)N2C(=O)C=CC2=O)CC1. The first-order valence-corrected chi connectivity index (χ1v) is 11.0. The highest BCUT2D eigenvalue weighted by Gasteiger charge is 2.38. The van der Waals surface area contributed by atoms with E-state index in [1.807, 2.05) is 30.6 Å². The van der Waals surface area contributed by atoms with Gasteiger partial charge in [-0.15, -0.1) is 0 Å². The summed E-state index contributed by atoms with van der Waals surface area (Å²) >= 11 is 0. The second kappa shape index (κ2) is 10.2. The van der Waals surface area contributed by atoms with Crippen molar-refractivity contribution in [3.05, 3.63) is 12.2 Å². The molecule has 1 fully saturated rings. The molecule has 0 spiro atoms. The van der Waals surface area contributed by atoms with E-state index < -0.39 is 11.1 Å². The third kappa shape index (κ3) is 6.15. The predicted molar refractivity (Wildman–Crippen MR) is 121 cm³/mol. The van der Waals surface area contributed by atoms with Crippen LogP contribution in [-0.2, 0) is 19.2 Å². The van der Waals surface area contributed by atoms with E-state index in [1.54, 1.807) is 27.2 Å². The molecule has 10 nitrogen and oxygen atoms in total. The largest absolute Gasteiger partial charge is 0.359 e. The number of amides is 4. The zero-order valence-corrected chi connectivity index (χ0v) is 20.0. The number of nitrogens with zero attached hydrogens (tertiary/aromatic N) is 4. The van der Waals surface area contributed by atoms with Gasteiger partial charge in [0, 0.05) is 49.7 Å². The van der Waals surface area contributed by atoms with E-state index in [4.69, 9.17) is 0 Å². The molecule has 0 saturated carbocycles. The van der Waals surface area contributed by atoms with Crippen molar-refractivity contribution in [2.45, 2.75) is 46.7 Å². The fraction of sp³-hybridized carbons (Fsp3) is 0.682. The maximum Gasteiger partial charge on any atom is 0.255 e. The van der Waals surface area contributed by atoms with Crippen LogP contribution in [0.1, 0.15) is 41.0 Å². The van der Waals surface area contributed by atoms with Gasteiger partial charge in [0.05, 0.1) is 13.0 Å². The number of nitrogens with one attached hydrogen (secondary N) is 2. The van der Waals surface area contributed by atoms with E-state index in [2.05, 4.69) is 15.6 Å². The Balaban J connectivity index is 1.89. The summed E-state index contributed by atoms with van der Waals surface area (Å²) in [6.45, 7) is 11.7. The van der Waals surface area contributed by atoms with Crippen molar-refractivity contribution < 1.29 is 19.2 Å². The highest BCUT2D eigenvalue weighted by Crippen LogP contribution is 2.29. The maximum atomic E-state index is 13.1. The number of imide groups is 1. The van der Waals surface area contributed by atoms with Crippen LogP contribution in [0.2, 0.25) is 0 Å². The first kappa shape index (κ1) is 25.5. The molecule has 2 N–H and O–H groups in total. The summed E-state index contributed by atoms with van der Waals surface area (Å²) in [5.41, 5.74) is -1.64. The van der Waals surface area contributed by atoms with Crippen molar-refractivity contribution in [1.29, 1.82) is 0 Å². The number of hydrogen-bond donors (Lipinski definition) is 2. The number of carbonyl (C=O) groups is 4. The van der Waals surface area contributed by atoms with Crippen molar-refractivity contribution in [2.75, 3.05) is 39.9 Å². The van der Waals surface area contributed by atoms with Crippen LogP contribution in [0.5, 0.6) is 0 Å². The molecule has 10 heteroatoms. The third-order valence-corrected chi connectivity index (χ3v) is 5.78. The summed E-state index contributed by atoms with van der Waals surface area (Å²) in [5, 5.41) is 5.66. The normalized spacial score (nSPS) is 18.6. The van der Waals surface area contributed by atoms with Crippen LogP contribution in [0.3, 0.4) is 0 Å². The van der Waals surface area contributed by atoms with E-state index in [-0.39, 0.29) is 29.5 Å². The smallest absolute Gasteiger partial charge is 0.255 e. The number of piperazine rings is 1. The molecule has 1 saturated heterocycles. The Bertz CT molecular complexity index is 778. The number of hydrogen-bond acceptors (Lipinski definition) is 6. The number of rotatable bonds is 9. The molecule has 0 aliphatic carbocycles. The predicted octanol–water partition coefficient (Wildman–Crippen LogP) is 0.166. The number of carbonyl (C=O) groups excluding carboxylic acids is 4. The van der Waals surface area contributed by atoms with Gasteiger partial charge in [0.1, 0.15) is 5.66 Å². The van der Waals surface area contributed by atoms with E-state index in [0.717, 1.165) is 4.90 Å². The van der Waals surface area contributed by atoms with Gasteiger partial charge >= 0.3 is 0 Å². The lowest BCUT2D eigenvalue weighted by Gasteiger charge is -2.39. The lowest BCUT2D eigenvalue weighted by molar-refractivity contribution is -0.144. The Labute approximate surface area is 190 Å². The Morgan fingerprint density at radius 1 is 1.09 bits per heavy atom. The molecule has 1 unspecified atom stereocenters. The molecule has 0 bridgehead atoms. The molecular weight excluding hydrogens is 412 g/mol. The molecule has 2 aliphatic heterocycles. The first-order valence-electron chi connectivity index (χ1n) is 11.0. The van der Waals surface area contributed by atoms with Gasteiger partial charge in [-0.05, 0) is 27.3 Å². The van der Waals surface area contributed by atoms with E-state index >= 15 is 0 Å². The van der Waals surface area contributed by atoms with Gasteiger partial charge in [0.15, 0.2) is 0 Å². The summed E-state index contributed by atoms with van der Waals surface area (Å²) in [5.74, 6) is -1.06. The summed E-state index contributed by atoms with van der Waals surface area (Å²) < 4.78 is 0. The minimum atomic E-state index is -0.989. The van der Waals surface area contributed by atoms with Crippen LogP contribution in [-0.4, -0.2) is 90.2 Å². The Hall–Kier alpha value is -2.75. The lowest BCUT2D eigenvalue weighted by Crippen LogP contribution is -2.53. The summed E-state index contributed by atoms with van der Waals surface area (Å²) in [6, 6.07) is 0. The monoisotopic (exact) mass is 448 g/mol. The van der Waals surface area contributed by atoms with Crippen molar-refractivity contribution in [1.82, 2.24) is 25.3 Å². The molecule has 0 radical (unpaired) electrons. The van der Waals surface area contributed by atoms with Crippen LogP contribution in [0, 0.1) is 11.3 Å². The summed E-state index contributed by atoms with van der Waals surface area (Å²) in [7, 11) is 1.76. The molecule has 2 heterocycles. The maximum absolute atomic E-state index is 13.1. The molecule has 2 rings (SSSR count). The van der Waals surface area contributed by atoms with Crippen molar-refractivity contribution in [2.24, 2.45) is 16.3 Å². The minimum Gasteiger partial charge on any atom is -0.359 e. The van der Waals surface area contributed by atoms with Crippen LogP contribution in [0.4, 0.5) is 0 Å². The molecule has 1 atom stereocenters. The van der Waals surface area contributed by atoms with Gasteiger partial charge in [0.25, 0.3) is 11.8 Å². The first-order chi connectivity index (χ1) is 14.9. The Morgan fingerprint density at radius 3 is 2.19 bits per heavy atom.